The van der Waals surface area contributed by atoms with E-state index in [1.165, 1.54) is 19.1 Å². The van der Waals surface area contributed by atoms with Crippen LogP contribution in [0, 0.1) is 15.9 Å². The third-order valence-electron chi connectivity index (χ3n) is 2.59. The summed E-state index contributed by atoms with van der Waals surface area (Å²) >= 11 is 0. The van der Waals surface area contributed by atoms with E-state index in [2.05, 4.69) is 0 Å². The summed E-state index contributed by atoms with van der Waals surface area (Å²) in [4.78, 5) is 21.4. The van der Waals surface area contributed by atoms with Crippen LogP contribution in [-0.2, 0) is 0 Å². The zero-order valence-electron chi connectivity index (χ0n) is 10.5. The zero-order valence-corrected chi connectivity index (χ0v) is 10.5. The van der Waals surface area contributed by atoms with Crippen LogP contribution >= 0.6 is 0 Å². The van der Waals surface area contributed by atoms with Crippen molar-refractivity contribution in [2.24, 2.45) is 0 Å². The summed E-state index contributed by atoms with van der Waals surface area (Å²) in [6.07, 6.45) is 0. The van der Waals surface area contributed by atoms with Crippen molar-refractivity contribution in [1.82, 2.24) is 0 Å². The number of halogens is 1. The van der Waals surface area contributed by atoms with E-state index >= 15 is 0 Å². The maximum Gasteiger partial charge on any atom is 0.311 e. The Morgan fingerprint density at radius 2 is 2.00 bits per heavy atom. The van der Waals surface area contributed by atoms with Gasteiger partial charge in [0.25, 0.3) is 0 Å². The van der Waals surface area contributed by atoms with Crippen LogP contribution in [0.2, 0.25) is 0 Å². The molecule has 0 aliphatic heterocycles. The topological polar surface area (TPSA) is 69.4 Å². The first-order chi connectivity index (χ1) is 9.47. The first-order valence-electron chi connectivity index (χ1n) is 5.70. The molecule has 0 aromatic heterocycles. The minimum absolute atomic E-state index is 0.163. The van der Waals surface area contributed by atoms with Gasteiger partial charge in [-0.1, -0.05) is 12.1 Å². The van der Waals surface area contributed by atoms with Gasteiger partial charge in [0.1, 0.15) is 11.6 Å². The molecular weight excluding hydrogens is 265 g/mol. The molecular formula is C14H10FNO4. The number of nitro benzene ring substituents is 1. The number of hydrogen-bond donors (Lipinski definition) is 0. The van der Waals surface area contributed by atoms with Crippen LogP contribution in [0.1, 0.15) is 17.3 Å². The second-order valence-electron chi connectivity index (χ2n) is 4.06. The molecule has 0 fully saturated rings. The van der Waals surface area contributed by atoms with Crippen molar-refractivity contribution in [3.63, 3.8) is 0 Å². The zero-order chi connectivity index (χ0) is 14.7. The summed E-state index contributed by atoms with van der Waals surface area (Å²) in [6, 6.07) is 9.08. The highest BCUT2D eigenvalue weighted by atomic mass is 19.1. The number of ketones is 1. The van der Waals surface area contributed by atoms with Gasteiger partial charge in [-0.2, -0.15) is 0 Å². The van der Waals surface area contributed by atoms with Gasteiger partial charge in [0.2, 0.25) is 5.75 Å². The van der Waals surface area contributed by atoms with Gasteiger partial charge in [0.05, 0.1) is 4.92 Å². The van der Waals surface area contributed by atoms with Crippen molar-refractivity contribution in [1.29, 1.82) is 0 Å². The molecule has 0 unspecified atom stereocenters. The summed E-state index contributed by atoms with van der Waals surface area (Å²) in [7, 11) is 0. The van der Waals surface area contributed by atoms with E-state index in [0.717, 1.165) is 18.2 Å². The standard InChI is InChI=1S/C14H10FNO4/c1-9(17)10-3-2-4-12(7-10)20-14-8-11(15)5-6-13(14)16(18)19/h2-8H,1H3. The molecule has 2 rings (SSSR count). The van der Waals surface area contributed by atoms with Crippen LogP contribution < -0.4 is 4.74 Å². The number of carbonyl (C=O) groups is 1. The molecule has 0 radical (unpaired) electrons. The minimum atomic E-state index is -0.663. The van der Waals surface area contributed by atoms with E-state index < -0.39 is 10.7 Å². The predicted octanol–water partition coefficient (Wildman–Crippen LogP) is 3.73. The lowest BCUT2D eigenvalue weighted by atomic mass is 10.1. The third-order valence-corrected chi connectivity index (χ3v) is 2.59. The number of carbonyl (C=O) groups excluding carboxylic acids is 1. The van der Waals surface area contributed by atoms with Gasteiger partial charge in [0.15, 0.2) is 5.78 Å². The van der Waals surface area contributed by atoms with E-state index in [4.69, 9.17) is 4.74 Å². The second kappa shape index (κ2) is 5.48. The van der Waals surface area contributed by atoms with E-state index in [0.29, 0.717) is 5.56 Å². The van der Waals surface area contributed by atoms with Crippen LogP contribution in [0.4, 0.5) is 10.1 Å². The Morgan fingerprint density at radius 1 is 1.25 bits per heavy atom. The molecule has 0 saturated heterocycles. The lowest BCUT2D eigenvalue weighted by molar-refractivity contribution is -0.385. The van der Waals surface area contributed by atoms with Gasteiger partial charge in [-0.3, -0.25) is 14.9 Å². The lowest BCUT2D eigenvalue weighted by Crippen LogP contribution is -1.96. The molecule has 5 nitrogen and oxygen atoms in total. The summed E-state index contributed by atoms with van der Waals surface area (Å²) < 4.78 is 18.5. The van der Waals surface area contributed by atoms with Gasteiger partial charge in [0, 0.05) is 17.7 Å². The van der Waals surface area contributed by atoms with Crippen molar-refractivity contribution in [3.05, 3.63) is 64.0 Å². The molecule has 0 saturated carbocycles. The molecule has 0 spiro atoms. The Morgan fingerprint density at radius 3 is 2.65 bits per heavy atom. The van der Waals surface area contributed by atoms with E-state index in [9.17, 15) is 19.3 Å². The Bertz CT molecular complexity index is 685. The molecule has 0 aliphatic carbocycles. The van der Waals surface area contributed by atoms with Crippen molar-refractivity contribution < 1.29 is 18.8 Å². The Kier molecular flexibility index (Phi) is 3.74. The Hall–Kier alpha value is -2.76. The summed E-state index contributed by atoms with van der Waals surface area (Å²) in [5.74, 6) is -0.792. The van der Waals surface area contributed by atoms with Crippen molar-refractivity contribution in [2.45, 2.75) is 6.92 Å². The third kappa shape index (κ3) is 2.97. The smallest absolute Gasteiger partial charge is 0.311 e. The fraction of sp³-hybridized carbons (Fsp3) is 0.0714. The highest BCUT2D eigenvalue weighted by Gasteiger charge is 2.17. The SMILES string of the molecule is CC(=O)c1cccc(Oc2cc(F)ccc2[N+](=O)[O-])c1. The number of nitro groups is 1. The summed E-state index contributed by atoms with van der Waals surface area (Å²) in [5.41, 5.74) is 0.0567. The van der Waals surface area contributed by atoms with Crippen LogP contribution in [0.5, 0.6) is 11.5 Å². The van der Waals surface area contributed by atoms with Gasteiger partial charge >= 0.3 is 5.69 Å². The average molecular weight is 275 g/mol. The van der Waals surface area contributed by atoms with Gasteiger partial charge in [-0.25, -0.2) is 4.39 Å². The van der Waals surface area contributed by atoms with Crippen molar-refractivity contribution in [3.8, 4) is 11.5 Å². The highest BCUT2D eigenvalue weighted by molar-refractivity contribution is 5.94. The van der Waals surface area contributed by atoms with Crippen LogP contribution in [0.3, 0.4) is 0 Å². The monoisotopic (exact) mass is 275 g/mol. The Labute approximate surface area is 113 Å². The first kappa shape index (κ1) is 13.7. The molecule has 6 heteroatoms. The number of nitrogens with zero attached hydrogens (tertiary/aromatic N) is 1. The molecule has 2 aromatic carbocycles. The predicted molar refractivity (Wildman–Crippen MR) is 69.6 cm³/mol. The molecule has 102 valence electrons. The van der Waals surface area contributed by atoms with E-state index in [-0.39, 0.29) is 23.0 Å². The summed E-state index contributed by atoms with van der Waals surface area (Å²) in [6.45, 7) is 1.39. The van der Waals surface area contributed by atoms with Crippen molar-refractivity contribution in [2.75, 3.05) is 0 Å². The molecule has 20 heavy (non-hydrogen) atoms. The quantitative estimate of drug-likeness (QED) is 0.484. The molecule has 0 N–H and O–H groups in total. The summed E-state index contributed by atoms with van der Waals surface area (Å²) in [5, 5.41) is 10.8. The molecule has 0 aliphatic rings. The second-order valence-corrected chi connectivity index (χ2v) is 4.06. The number of ether oxygens (including phenoxy) is 1. The lowest BCUT2D eigenvalue weighted by Gasteiger charge is -2.07. The van der Waals surface area contributed by atoms with Gasteiger partial charge < -0.3 is 4.74 Å². The average Bonchev–Trinajstić information content (AvgIpc) is 2.38. The van der Waals surface area contributed by atoms with Crippen LogP contribution in [-0.4, -0.2) is 10.7 Å². The fourth-order valence-corrected chi connectivity index (χ4v) is 1.63. The fourth-order valence-electron chi connectivity index (χ4n) is 1.63. The molecule has 0 amide bonds. The molecule has 2 aromatic rings. The van der Waals surface area contributed by atoms with Crippen LogP contribution in [0.15, 0.2) is 42.5 Å². The van der Waals surface area contributed by atoms with Gasteiger partial charge in [-0.15, -0.1) is 0 Å². The number of rotatable bonds is 4. The number of hydrogen-bond acceptors (Lipinski definition) is 4. The molecule has 0 heterocycles. The highest BCUT2D eigenvalue weighted by Crippen LogP contribution is 2.32. The number of benzene rings is 2. The Balaban J connectivity index is 2.39. The largest absolute Gasteiger partial charge is 0.450 e. The van der Waals surface area contributed by atoms with Gasteiger partial charge in [-0.05, 0) is 25.1 Å². The molecule has 0 bridgehead atoms. The molecule has 0 atom stereocenters. The maximum atomic E-state index is 13.2. The minimum Gasteiger partial charge on any atom is -0.450 e. The number of Topliss-reactive ketones (excluding diaryl/α,β-unsaturated/α-hetero) is 1. The normalized spacial score (nSPS) is 10.1. The maximum absolute atomic E-state index is 13.2. The van der Waals surface area contributed by atoms with Crippen molar-refractivity contribution >= 4 is 11.5 Å². The van der Waals surface area contributed by atoms with Crippen LogP contribution in [0.25, 0.3) is 0 Å². The van der Waals surface area contributed by atoms with E-state index in [1.807, 2.05) is 0 Å². The van der Waals surface area contributed by atoms with E-state index in [1.54, 1.807) is 12.1 Å². The first-order valence-corrected chi connectivity index (χ1v) is 5.70.